The fraction of sp³-hybridized carbons (Fsp3) is 0.154. The maximum absolute atomic E-state index is 11.8. The van der Waals surface area contributed by atoms with Gasteiger partial charge in [0.25, 0.3) is 0 Å². The number of nitrogens with two attached hydrogens (primary N) is 1. The van der Waals surface area contributed by atoms with E-state index in [2.05, 4.69) is 5.32 Å². The summed E-state index contributed by atoms with van der Waals surface area (Å²) in [5, 5.41) is 6.83. The molecule has 1 aromatic carbocycles. The van der Waals surface area contributed by atoms with Gasteiger partial charge in [-0.3, -0.25) is 4.79 Å². The second-order valence-corrected chi connectivity index (χ2v) is 4.50. The predicted molar refractivity (Wildman–Crippen MR) is 71.0 cm³/mol. The molecule has 3 nitrogen and oxygen atoms in total. The van der Waals surface area contributed by atoms with Crippen LogP contribution in [0, 0.1) is 0 Å². The number of anilines is 1. The molecule has 0 unspecified atom stereocenters. The molecule has 88 valence electrons. The van der Waals surface area contributed by atoms with Crippen LogP contribution in [-0.4, -0.2) is 5.91 Å². The van der Waals surface area contributed by atoms with E-state index >= 15 is 0 Å². The quantitative estimate of drug-likeness (QED) is 0.870. The lowest BCUT2D eigenvalue weighted by Gasteiger charge is -2.08. The number of hydrogen-bond donors (Lipinski definition) is 2. The Morgan fingerprint density at radius 2 is 2.12 bits per heavy atom. The molecule has 2 aromatic rings. The molecule has 2 rings (SSSR count). The minimum Gasteiger partial charge on any atom is -0.326 e. The fourth-order valence-electron chi connectivity index (χ4n) is 1.59. The zero-order valence-corrected chi connectivity index (χ0v) is 10.2. The van der Waals surface area contributed by atoms with Gasteiger partial charge in [0.15, 0.2) is 0 Å². The highest BCUT2D eigenvalue weighted by Gasteiger charge is 2.06. The zero-order chi connectivity index (χ0) is 12.1. The molecular formula is C13H14N2OS. The van der Waals surface area contributed by atoms with Gasteiger partial charge >= 0.3 is 0 Å². The number of para-hydroxylation sites is 1. The summed E-state index contributed by atoms with van der Waals surface area (Å²) in [6.45, 7) is 0.426. The third-order valence-electron chi connectivity index (χ3n) is 2.46. The van der Waals surface area contributed by atoms with Crippen LogP contribution in [0.15, 0.2) is 41.1 Å². The number of benzene rings is 1. The zero-order valence-electron chi connectivity index (χ0n) is 9.35. The van der Waals surface area contributed by atoms with Crippen LogP contribution in [0.3, 0.4) is 0 Å². The van der Waals surface area contributed by atoms with Gasteiger partial charge in [0.2, 0.25) is 5.91 Å². The lowest BCUT2D eigenvalue weighted by Crippen LogP contribution is -2.16. The van der Waals surface area contributed by atoms with Crippen molar-refractivity contribution < 1.29 is 4.79 Å². The molecule has 0 radical (unpaired) electrons. The van der Waals surface area contributed by atoms with Crippen LogP contribution in [0.2, 0.25) is 0 Å². The Hall–Kier alpha value is -1.65. The molecule has 0 saturated heterocycles. The van der Waals surface area contributed by atoms with Crippen molar-refractivity contribution >= 4 is 22.9 Å². The van der Waals surface area contributed by atoms with Crippen LogP contribution in [0.1, 0.15) is 11.1 Å². The fourth-order valence-corrected chi connectivity index (χ4v) is 2.26. The monoisotopic (exact) mass is 246 g/mol. The topological polar surface area (TPSA) is 55.1 Å². The number of thiophene rings is 1. The molecule has 17 heavy (non-hydrogen) atoms. The minimum absolute atomic E-state index is 0.00991. The second kappa shape index (κ2) is 5.61. The molecule has 1 heterocycles. The first-order valence-electron chi connectivity index (χ1n) is 5.38. The molecule has 0 aliphatic heterocycles. The molecule has 1 amide bonds. The third-order valence-corrected chi connectivity index (χ3v) is 3.19. The molecule has 0 atom stereocenters. The lowest BCUT2D eigenvalue weighted by atomic mass is 10.1. The molecule has 0 saturated carbocycles. The maximum atomic E-state index is 11.8. The van der Waals surface area contributed by atoms with Crippen LogP contribution >= 0.6 is 11.3 Å². The van der Waals surface area contributed by atoms with Crippen molar-refractivity contribution in [1.82, 2.24) is 0 Å². The van der Waals surface area contributed by atoms with Gasteiger partial charge in [-0.15, -0.1) is 0 Å². The Bertz CT molecular complexity index is 494. The molecule has 4 heteroatoms. The van der Waals surface area contributed by atoms with Gasteiger partial charge in [0.1, 0.15) is 0 Å². The Morgan fingerprint density at radius 3 is 2.82 bits per heavy atom. The van der Waals surface area contributed by atoms with E-state index in [1.165, 1.54) is 0 Å². The van der Waals surface area contributed by atoms with Gasteiger partial charge in [0.05, 0.1) is 6.42 Å². The summed E-state index contributed by atoms with van der Waals surface area (Å²) in [5.74, 6) is -0.00991. The first-order valence-corrected chi connectivity index (χ1v) is 6.33. The van der Waals surface area contributed by atoms with Gasteiger partial charge in [-0.2, -0.15) is 11.3 Å². The van der Waals surface area contributed by atoms with Gasteiger partial charge < -0.3 is 11.1 Å². The average molecular weight is 246 g/mol. The summed E-state index contributed by atoms with van der Waals surface area (Å²) in [5.41, 5.74) is 8.40. The molecule has 1 aromatic heterocycles. The highest BCUT2D eigenvalue weighted by atomic mass is 32.1. The van der Waals surface area contributed by atoms with Crippen molar-refractivity contribution in [2.24, 2.45) is 5.73 Å². The van der Waals surface area contributed by atoms with Crippen LogP contribution < -0.4 is 11.1 Å². The summed E-state index contributed by atoms with van der Waals surface area (Å²) in [6, 6.07) is 9.54. The molecule has 0 aliphatic carbocycles. The van der Waals surface area contributed by atoms with Crippen molar-refractivity contribution in [3.8, 4) is 0 Å². The number of carbonyl (C=O) groups is 1. The van der Waals surface area contributed by atoms with Crippen molar-refractivity contribution in [2.75, 3.05) is 5.32 Å². The summed E-state index contributed by atoms with van der Waals surface area (Å²) in [7, 11) is 0. The summed E-state index contributed by atoms with van der Waals surface area (Å²) >= 11 is 1.60. The molecule has 0 fully saturated rings. The summed E-state index contributed by atoms with van der Waals surface area (Å²) < 4.78 is 0. The van der Waals surface area contributed by atoms with Crippen LogP contribution in [0.5, 0.6) is 0 Å². The van der Waals surface area contributed by atoms with E-state index in [0.29, 0.717) is 13.0 Å². The van der Waals surface area contributed by atoms with Gasteiger partial charge in [-0.25, -0.2) is 0 Å². The van der Waals surface area contributed by atoms with E-state index < -0.39 is 0 Å². The average Bonchev–Trinajstić information content (AvgIpc) is 2.82. The van der Waals surface area contributed by atoms with Crippen molar-refractivity contribution in [1.29, 1.82) is 0 Å². The first kappa shape index (κ1) is 11.8. The predicted octanol–water partition coefficient (Wildman–Crippen LogP) is 2.39. The van der Waals surface area contributed by atoms with E-state index in [-0.39, 0.29) is 5.91 Å². The molecule has 0 bridgehead atoms. The van der Waals surface area contributed by atoms with Gasteiger partial charge in [-0.1, -0.05) is 18.2 Å². The number of hydrogen-bond acceptors (Lipinski definition) is 3. The van der Waals surface area contributed by atoms with E-state index in [4.69, 9.17) is 5.73 Å². The second-order valence-electron chi connectivity index (χ2n) is 3.72. The largest absolute Gasteiger partial charge is 0.326 e. The van der Waals surface area contributed by atoms with Crippen molar-refractivity contribution in [3.05, 3.63) is 52.2 Å². The summed E-state index contributed by atoms with van der Waals surface area (Å²) in [6.07, 6.45) is 0.405. The molecule has 0 spiro atoms. The van der Waals surface area contributed by atoms with Crippen LogP contribution in [-0.2, 0) is 17.8 Å². The number of amides is 1. The minimum atomic E-state index is -0.00991. The Kier molecular flexibility index (Phi) is 3.90. The van der Waals surface area contributed by atoms with E-state index in [1.807, 2.05) is 41.1 Å². The lowest BCUT2D eigenvalue weighted by molar-refractivity contribution is -0.115. The Labute approximate surface area is 104 Å². The Morgan fingerprint density at radius 1 is 1.29 bits per heavy atom. The number of nitrogens with one attached hydrogen (secondary N) is 1. The highest BCUT2D eigenvalue weighted by molar-refractivity contribution is 7.08. The van der Waals surface area contributed by atoms with Gasteiger partial charge in [-0.05, 0) is 34.0 Å². The molecule has 0 aliphatic rings. The van der Waals surface area contributed by atoms with E-state index in [0.717, 1.165) is 16.8 Å². The Balaban J connectivity index is 2.03. The van der Waals surface area contributed by atoms with Crippen LogP contribution in [0.4, 0.5) is 5.69 Å². The maximum Gasteiger partial charge on any atom is 0.228 e. The number of carbonyl (C=O) groups excluding carboxylic acids is 1. The first-order chi connectivity index (χ1) is 8.29. The molecular weight excluding hydrogens is 232 g/mol. The van der Waals surface area contributed by atoms with Crippen LogP contribution in [0.25, 0.3) is 0 Å². The highest BCUT2D eigenvalue weighted by Crippen LogP contribution is 2.15. The number of rotatable bonds is 4. The smallest absolute Gasteiger partial charge is 0.228 e. The van der Waals surface area contributed by atoms with Gasteiger partial charge in [0, 0.05) is 12.2 Å². The SMILES string of the molecule is NCc1ccccc1NC(=O)Cc1ccsc1. The van der Waals surface area contributed by atoms with E-state index in [1.54, 1.807) is 11.3 Å². The van der Waals surface area contributed by atoms with Crippen molar-refractivity contribution in [2.45, 2.75) is 13.0 Å². The van der Waals surface area contributed by atoms with Crippen molar-refractivity contribution in [3.63, 3.8) is 0 Å². The normalized spacial score (nSPS) is 10.2. The summed E-state index contributed by atoms with van der Waals surface area (Å²) in [4.78, 5) is 11.8. The third kappa shape index (κ3) is 3.15. The molecule has 3 N–H and O–H groups in total. The van der Waals surface area contributed by atoms with E-state index in [9.17, 15) is 4.79 Å². The standard InChI is InChI=1S/C13H14N2OS/c14-8-11-3-1-2-4-12(11)15-13(16)7-10-5-6-17-9-10/h1-6,9H,7-8,14H2,(H,15,16).